The van der Waals surface area contributed by atoms with E-state index in [4.69, 9.17) is 23.2 Å². The van der Waals surface area contributed by atoms with E-state index in [0.29, 0.717) is 17.3 Å². The number of pyridine rings is 1. The van der Waals surface area contributed by atoms with Crippen molar-refractivity contribution in [3.05, 3.63) is 45.9 Å². The summed E-state index contributed by atoms with van der Waals surface area (Å²) in [5, 5.41) is 5.97. The molecule has 0 saturated carbocycles. The molecule has 2 aromatic rings. The van der Waals surface area contributed by atoms with E-state index in [9.17, 15) is 8.78 Å². The number of rotatable bonds is 4. The van der Waals surface area contributed by atoms with Gasteiger partial charge in [-0.2, -0.15) is 0 Å². The van der Waals surface area contributed by atoms with Crippen LogP contribution in [0.5, 0.6) is 0 Å². The average Bonchev–Trinajstić information content (AvgIpc) is 2.40. The lowest BCUT2D eigenvalue weighted by Crippen LogP contribution is -2.06. The first-order valence-electron chi connectivity index (χ1n) is 5.84. The fourth-order valence-electron chi connectivity index (χ4n) is 1.57. The van der Waals surface area contributed by atoms with Crippen molar-refractivity contribution >= 4 is 40.5 Å². The van der Waals surface area contributed by atoms with Crippen LogP contribution in [0.25, 0.3) is 0 Å². The Kier molecular flexibility index (Phi) is 4.62. The summed E-state index contributed by atoms with van der Waals surface area (Å²) < 4.78 is 27.2. The van der Waals surface area contributed by atoms with Gasteiger partial charge in [-0.15, -0.1) is 0 Å². The van der Waals surface area contributed by atoms with Crippen LogP contribution in [-0.4, -0.2) is 11.5 Å². The fourth-order valence-corrected chi connectivity index (χ4v) is 1.92. The molecule has 20 heavy (non-hydrogen) atoms. The Bertz CT molecular complexity index is 635. The molecule has 106 valence electrons. The molecule has 0 unspecified atom stereocenters. The van der Waals surface area contributed by atoms with Crippen LogP contribution in [0.3, 0.4) is 0 Å². The van der Waals surface area contributed by atoms with Gasteiger partial charge < -0.3 is 10.6 Å². The molecular weight excluding hydrogens is 307 g/mol. The molecule has 0 aliphatic carbocycles. The molecule has 0 fully saturated rings. The van der Waals surface area contributed by atoms with Gasteiger partial charge in [-0.1, -0.05) is 29.3 Å². The lowest BCUT2D eigenvalue weighted by atomic mass is 10.3. The third-order valence-electron chi connectivity index (χ3n) is 2.48. The standard InChI is InChI=1S/C13H11Cl2F2N3/c1-2-18-12-8(16)6-9(17)13(20-12)19-10-5-3-4-7(14)11(10)15/h3-6H,2H2,1H3,(H2,18,19,20). The van der Waals surface area contributed by atoms with E-state index >= 15 is 0 Å². The zero-order valence-electron chi connectivity index (χ0n) is 10.5. The molecule has 0 aliphatic rings. The van der Waals surface area contributed by atoms with Gasteiger partial charge in [0, 0.05) is 12.6 Å². The van der Waals surface area contributed by atoms with E-state index in [1.807, 2.05) is 0 Å². The summed E-state index contributed by atoms with van der Waals surface area (Å²) in [7, 11) is 0. The summed E-state index contributed by atoms with van der Waals surface area (Å²) in [6, 6.07) is 5.63. The van der Waals surface area contributed by atoms with Crippen molar-refractivity contribution < 1.29 is 8.78 Å². The van der Waals surface area contributed by atoms with Crippen LogP contribution < -0.4 is 10.6 Å². The quantitative estimate of drug-likeness (QED) is 0.847. The van der Waals surface area contributed by atoms with E-state index in [-0.39, 0.29) is 16.7 Å². The second-order valence-corrected chi connectivity index (χ2v) is 4.69. The highest BCUT2D eigenvalue weighted by Gasteiger charge is 2.13. The Morgan fingerprint density at radius 2 is 1.85 bits per heavy atom. The second kappa shape index (κ2) is 6.24. The fraction of sp³-hybridized carbons (Fsp3) is 0.154. The number of aromatic nitrogens is 1. The van der Waals surface area contributed by atoms with Crippen LogP contribution in [0.2, 0.25) is 10.0 Å². The normalized spacial score (nSPS) is 10.4. The second-order valence-electron chi connectivity index (χ2n) is 3.91. The average molecular weight is 318 g/mol. The smallest absolute Gasteiger partial charge is 0.169 e. The van der Waals surface area contributed by atoms with Crippen molar-refractivity contribution in [3.8, 4) is 0 Å². The molecule has 0 atom stereocenters. The number of halogens is 4. The van der Waals surface area contributed by atoms with Gasteiger partial charge in [0.05, 0.1) is 15.7 Å². The maximum absolute atomic E-state index is 13.7. The third kappa shape index (κ3) is 3.11. The van der Waals surface area contributed by atoms with Crippen molar-refractivity contribution in [1.82, 2.24) is 4.98 Å². The Hall–Kier alpha value is -1.59. The summed E-state index contributed by atoms with van der Waals surface area (Å²) >= 11 is 11.9. The molecule has 0 amide bonds. The van der Waals surface area contributed by atoms with Gasteiger partial charge in [0.2, 0.25) is 0 Å². The number of hydrogen-bond acceptors (Lipinski definition) is 3. The van der Waals surface area contributed by atoms with Crippen molar-refractivity contribution in [3.63, 3.8) is 0 Å². The van der Waals surface area contributed by atoms with Gasteiger partial charge in [-0.05, 0) is 19.1 Å². The molecule has 0 spiro atoms. The number of benzene rings is 1. The van der Waals surface area contributed by atoms with Gasteiger partial charge in [0.15, 0.2) is 23.3 Å². The van der Waals surface area contributed by atoms with E-state index in [1.54, 1.807) is 25.1 Å². The third-order valence-corrected chi connectivity index (χ3v) is 3.30. The molecule has 2 N–H and O–H groups in total. The molecule has 0 aliphatic heterocycles. The highest BCUT2D eigenvalue weighted by atomic mass is 35.5. The first-order chi connectivity index (χ1) is 9.52. The lowest BCUT2D eigenvalue weighted by Gasteiger charge is -2.11. The number of nitrogens with one attached hydrogen (secondary N) is 2. The number of hydrogen-bond donors (Lipinski definition) is 2. The molecule has 0 bridgehead atoms. The zero-order chi connectivity index (χ0) is 14.7. The van der Waals surface area contributed by atoms with Crippen LogP contribution in [0.4, 0.5) is 26.1 Å². The van der Waals surface area contributed by atoms with Gasteiger partial charge in [-0.3, -0.25) is 0 Å². The van der Waals surface area contributed by atoms with Crippen LogP contribution in [0.1, 0.15) is 6.92 Å². The monoisotopic (exact) mass is 317 g/mol. The largest absolute Gasteiger partial charge is 0.368 e. The van der Waals surface area contributed by atoms with E-state index in [1.165, 1.54) is 0 Å². The number of nitrogens with zero attached hydrogens (tertiary/aromatic N) is 1. The maximum Gasteiger partial charge on any atom is 0.169 e. The van der Waals surface area contributed by atoms with Gasteiger partial charge >= 0.3 is 0 Å². The minimum atomic E-state index is -0.819. The summed E-state index contributed by atoms with van der Waals surface area (Å²) in [6.07, 6.45) is 0. The maximum atomic E-state index is 13.7. The van der Waals surface area contributed by atoms with Crippen LogP contribution in [0.15, 0.2) is 24.3 Å². The minimum absolute atomic E-state index is 0.0328. The van der Waals surface area contributed by atoms with Crippen molar-refractivity contribution in [2.45, 2.75) is 6.92 Å². The topological polar surface area (TPSA) is 37.0 Å². The van der Waals surface area contributed by atoms with Crippen LogP contribution >= 0.6 is 23.2 Å². The zero-order valence-corrected chi connectivity index (χ0v) is 12.0. The van der Waals surface area contributed by atoms with Gasteiger partial charge in [0.25, 0.3) is 0 Å². The van der Waals surface area contributed by atoms with Crippen molar-refractivity contribution in [2.75, 3.05) is 17.2 Å². The van der Waals surface area contributed by atoms with E-state index < -0.39 is 11.6 Å². The van der Waals surface area contributed by atoms with Gasteiger partial charge in [-0.25, -0.2) is 13.8 Å². The van der Waals surface area contributed by atoms with Crippen molar-refractivity contribution in [1.29, 1.82) is 0 Å². The summed E-state index contributed by atoms with van der Waals surface area (Å²) in [5.74, 6) is -1.74. The molecule has 2 rings (SSSR count). The first-order valence-corrected chi connectivity index (χ1v) is 6.59. The lowest BCUT2D eigenvalue weighted by molar-refractivity contribution is 0.579. The van der Waals surface area contributed by atoms with E-state index in [0.717, 1.165) is 6.07 Å². The summed E-state index contributed by atoms with van der Waals surface area (Å²) in [6.45, 7) is 2.25. The number of anilines is 3. The molecule has 7 heteroatoms. The highest BCUT2D eigenvalue weighted by Crippen LogP contribution is 2.32. The molecule has 3 nitrogen and oxygen atoms in total. The summed E-state index contributed by atoms with van der Waals surface area (Å²) in [5.41, 5.74) is 0.389. The molecular formula is C13H11Cl2F2N3. The Morgan fingerprint density at radius 3 is 2.55 bits per heavy atom. The Morgan fingerprint density at radius 1 is 1.15 bits per heavy atom. The molecule has 0 saturated heterocycles. The van der Waals surface area contributed by atoms with Crippen LogP contribution in [0, 0.1) is 11.6 Å². The molecule has 0 radical (unpaired) electrons. The van der Waals surface area contributed by atoms with Gasteiger partial charge in [0.1, 0.15) is 0 Å². The minimum Gasteiger partial charge on any atom is -0.368 e. The molecule has 1 aromatic carbocycles. The predicted molar refractivity (Wildman–Crippen MR) is 78.1 cm³/mol. The Balaban J connectivity index is 2.38. The summed E-state index contributed by atoms with van der Waals surface area (Å²) in [4.78, 5) is 3.85. The predicted octanol–water partition coefficient (Wildman–Crippen LogP) is 4.84. The van der Waals surface area contributed by atoms with Crippen molar-refractivity contribution in [2.24, 2.45) is 0 Å². The first kappa shape index (κ1) is 14.8. The highest BCUT2D eigenvalue weighted by molar-refractivity contribution is 6.43. The van der Waals surface area contributed by atoms with E-state index in [2.05, 4.69) is 15.6 Å². The molecule has 1 aromatic heterocycles. The Labute approximate surface area is 124 Å². The van der Waals surface area contributed by atoms with Crippen LogP contribution in [-0.2, 0) is 0 Å². The SMILES string of the molecule is CCNc1nc(Nc2cccc(Cl)c2Cl)c(F)cc1F. The molecule has 1 heterocycles.